The second-order valence-electron chi connectivity index (χ2n) is 25.0. The number of hydrogen-bond donors (Lipinski definition) is 0. The molecule has 16 rings (SSSR count). The average molecular weight is 1220 g/mol. The van der Waals surface area contributed by atoms with E-state index in [2.05, 4.69) is 327 Å². The summed E-state index contributed by atoms with van der Waals surface area (Å²) in [6.45, 7) is 7.88. The molecule has 2 heterocycles. The molecule has 2 unspecified atom stereocenters. The smallest absolute Gasteiger partial charge is 0.0714 e. The Balaban J connectivity index is 0.751. The number of anilines is 6. The van der Waals surface area contributed by atoms with Crippen LogP contribution in [0.4, 0.5) is 34.1 Å². The first-order valence-electron chi connectivity index (χ1n) is 32.1. The van der Waals surface area contributed by atoms with Crippen LogP contribution in [0.3, 0.4) is 0 Å². The van der Waals surface area contributed by atoms with Gasteiger partial charge in [0.15, 0.2) is 0 Å². The second kappa shape index (κ2) is 23.6. The van der Waals surface area contributed by atoms with Gasteiger partial charge >= 0.3 is 0 Å². The Morgan fingerprint density at radius 3 is 1.08 bits per heavy atom. The van der Waals surface area contributed by atoms with Gasteiger partial charge in [0.2, 0.25) is 0 Å². The fraction of sp³-hybridized carbons (Fsp3) is 0.153. The van der Waals surface area contributed by atoms with Gasteiger partial charge in [-0.2, -0.15) is 0 Å². The maximum Gasteiger partial charge on any atom is 0.0714 e. The van der Waals surface area contributed by atoms with Gasteiger partial charge in [-0.1, -0.05) is 220 Å². The van der Waals surface area contributed by atoms with E-state index in [4.69, 9.17) is 9.47 Å². The summed E-state index contributed by atoms with van der Waals surface area (Å²) in [5.74, 6) is 1.06. The van der Waals surface area contributed by atoms with Gasteiger partial charge in [0, 0.05) is 55.1 Å². The molecule has 4 aliphatic rings. The van der Waals surface area contributed by atoms with E-state index >= 15 is 0 Å². The lowest BCUT2D eigenvalue weighted by molar-refractivity contribution is -0.0994. The van der Waals surface area contributed by atoms with Crippen molar-refractivity contribution in [1.82, 2.24) is 0 Å². The monoisotopic (exact) mass is 1210 g/mol. The highest BCUT2D eigenvalue weighted by atomic mass is 32.2. The van der Waals surface area contributed by atoms with Crippen LogP contribution >= 0.6 is 23.5 Å². The number of thioether (sulfide) groups is 2. The fourth-order valence-electron chi connectivity index (χ4n) is 14.9. The maximum absolute atomic E-state index is 5.74. The van der Waals surface area contributed by atoms with Crippen LogP contribution in [0.2, 0.25) is 0 Å². The van der Waals surface area contributed by atoms with Gasteiger partial charge in [-0.3, -0.25) is 0 Å². The molecule has 0 N–H and O–H groups in total. The van der Waals surface area contributed by atoms with Crippen LogP contribution in [0.5, 0.6) is 0 Å². The zero-order valence-electron chi connectivity index (χ0n) is 51.3. The molecule has 0 amide bonds. The molecule has 6 heteroatoms. The molecule has 2 fully saturated rings. The molecule has 0 bridgehead atoms. The van der Waals surface area contributed by atoms with Crippen molar-refractivity contribution in [3.63, 3.8) is 0 Å². The molecule has 2 atom stereocenters. The summed E-state index contributed by atoms with van der Waals surface area (Å²) in [5.41, 5.74) is 23.3. The zero-order chi connectivity index (χ0) is 61.0. The number of nitrogens with zero attached hydrogens (tertiary/aromatic N) is 2. The fourth-order valence-corrected chi connectivity index (χ4v) is 17.3. The molecule has 2 aliphatic carbocycles. The third kappa shape index (κ3) is 9.69. The molecule has 2 aliphatic heterocycles. The summed E-state index contributed by atoms with van der Waals surface area (Å²) in [6, 6.07) is 114. The lowest BCUT2D eigenvalue weighted by Crippen LogP contribution is -2.45. The number of ether oxygens (including phenoxy) is 2. The largest absolute Gasteiger partial charge is 0.380 e. The van der Waals surface area contributed by atoms with E-state index in [1.54, 1.807) is 0 Å². The van der Waals surface area contributed by atoms with Crippen molar-refractivity contribution in [2.75, 3.05) is 42.0 Å². The van der Waals surface area contributed by atoms with E-state index in [1.807, 2.05) is 23.5 Å². The Morgan fingerprint density at radius 2 is 0.681 bits per heavy atom. The Labute approximate surface area is 544 Å². The quantitative estimate of drug-likeness (QED) is 0.0794. The Morgan fingerprint density at radius 1 is 0.319 bits per heavy atom. The van der Waals surface area contributed by atoms with Crippen molar-refractivity contribution in [3.05, 3.63) is 348 Å². The highest BCUT2D eigenvalue weighted by Crippen LogP contribution is 2.60. The average Bonchev–Trinajstić information content (AvgIpc) is 1.56. The first kappa shape index (κ1) is 57.0. The van der Waals surface area contributed by atoms with Gasteiger partial charge < -0.3 is 19.3 Å². The molecule has 91 heavy (non-hydrogen) atoms. The van der Waals surface area contributed by atoms with Gasteiger partial charge in [0.1, 0.15) is 0 Å². The molecule has 0 saturated carbocycles. The summed E-state index contributed by atoms with van der Waals surface area (Å²) in [7, 11) is 0. The third-order valence-electron chi connectivity index (χ3n) is 20.0. The minimum atomic E-state index is -0.557. The predicted octanol–water partition coefficient (Wildman–Crippen LogP) is 21.8. The van der Waals surface area contributed by atoms with Crippen molar-refractivity contribution >= 4 is 57.6 Å². The van der Waals surface area contributed by atoms with Crippen LogP contribution in [0.15, 0.2) is 313 Å². The van der Waals surface area contributed by atoms with Crippen molar-refractivity contribution in [1.29, 1.82) is 0 Å². The highest BCUT2D eigenvalue weighted by molar-refractivity contribution is 8.00. The van der Waals surface area contributed by atoms with Crippen LogP contribution in [0, 0.1) is 5.41 Å². The first-order chi connectivity index (χ1) is 44.9. The van der Waals surface area contributed by atoms with Gasteiger partial charge in [0.05, 0.1) is 42.0 Å². The summed E-state index contributed by atoms with van der Waals surface area (Å²) < 4.78 is 11.6. The lowest BCUT2D eigenvalue weighted by Gasteiger charge is -2.40. The highest BCUT2D eigenvalue weighted by Gasteiger charge is 2.49. The maximum atomic E-state index is 5.74. The number of benzene rings is 12. The van der Waals surface area contributed by atoms with Crippen molar-refractivity contribution in [2.24, 2.45) is 5.41 Å². The van der Waals surface area contributed by atoms with Gasteiger partial charge in [-0.05, 0) is 188 Å². The van der Waals surface area contributed by atoms with Gasteiger partial charge in [-0.25, -0.2) is 0 Å². The molecule has 12 aromatic carbocycles. The Kier molecular flexibility index (Phi) is 14.8. The van der Waals surface area contributed by atoms with Crippen LogP contribution in [0.25, 0.3) is 33.4 Å². The number of rotatable bonds is 18. The summed E-state index contributed by atoms with van der Waals surface area (Å²) in [6.07, 6.45) is 2.22. The molecule has 12 aromatic rings. The van der Waals surface area contributed by atoms with E-state index < -0.39 is 10.8 Å². The molecule has 444 valence electrons. The van der Waals surface area contributed by atoms with Crippen molar-refractivity contribution < 1.29 is 9.47 Å². The molecule has 0 radical (unpaired) electrons. The van der Waals surface area contributed by atoms with E-state index in [9.17, 15) is 0 Å². The third-order valence-corrected chi connectivity index (χ3v) is 22.8. The minimum Gasteiger partial charge on any atom is -0.380 e. The van der Waals surface area contributed by atoms with E-state index in [-0.39, 0.29) is 10.2 Å². The SMILES string of the molecule is CCC1(CSc2ccc(C3(c4ccccc4)c4ccccc4-c4ccc(N(c5ccccc5)c5ccc(-c6ccc(N(c7ccccc7)c7ccc8c(c7)C(c7ccccc7)(c7ccc(SC9(CC)COC9)cc7)c7ccccc7-8)cc6)cc5)cc43)cc2)COC1. The summed E-state index contributed by atoms with van der Waals surface area (Å²) in [4.78, 5) is 7.40. The first-order valence-corrected chi connectivity index (χ1v) is 33.9. The molecule has 0 spiro atoms. The number of hydrogen-bond acceptors (Lipinski definition) is 6. The zero-order valence-corrected chi connectivity index (χ0v) is 53.0. The number of para-hydroxylation sites is 2. The summed E-state index contributed by atoms with van der Waals surface area (Å²) in [5, 5.41) is 0. The Bertz CT molecular complexity index is 4560. The topological polar surface area (TPSA) is 24.9 Å². The predicted molar refractivity (Wildman–Crippen MR) is 380 cm³/mol. The minimum absolute atomic E-state index is 0.143. The van der Waals surface area contributed by atoms with Gasteiger partial charge in [-0.15, -0.1) is 23.5 Å². The standard InChI is InChI=1S/C85H70N2O2S2/c1-3-82(55-88-56-82)59-90-72-47-37-64(38-48-72)84(62-21-9-5-10-22-62)78-31-19-17-29-74(78)76-51-45-70(53-80(76)84)86(66-25-13-7-14-26-66)68-41-33-60(34-42-68)61-35-43-69(44-36-61)87(67-27-15-8-16-28-67)71-46-52-77-75-30-18-20-32-79(75)85(81(77)54-71,63-23-11-6-12-24-63)65-39-49-73(50-40-65)91-83(4-2)57-89-58-83/h5-54H,3-4,55-59H2,1-2H3. The number of fused-ring (bicyclic) bond motifs is 6. The van der Waals surface area contributed by atoms with E-state index in [0.29, 0.717) is 0 Å². The van der Waals surface area contributed by atoms with Crippen molar-refractivity contribution in [2.45, 2.75) is 52.1 Å². The van der Waals surface area contributed by atoms with Crippen molar-refractivity contribution in [3.8, 4) is 33.4 Å². The molecule has 2 saturated heterocycles. The van der Waals surface area contributed by atoms with Crippen LogP contribution in [-0.4, -0.2) is 36.9 Å². The van der Waals surface area contributed by atoms with Crippen LogP contribution in [0.1, 0.15) is 71.2 Å². The molecule has 4 nitrogen and oxygen atoms in total. The molecule has 0 aromatic heterocycles. The second-order valence-corrected chi connectivity index (χ2v) is 27.6. The van der Waals surface area contributed by atoms with E-state index in [0.717, 1.165) is 90.3 Å². The summed E-state index contributed by atoms with van der Waals surface area (Å²) >= 11 is 3.92. The van der Waals surface area contributed by atoms with Crippen LogP contribution in [-0.2, 0) is 20.3 Å². The molecular formula is C85H70N2O2S2. The Hall–Kier alpha value is -9.14. The van der Waals surface area contributed by atoms with Gasteiger partial charge in [0.25, 0.3) is 0 Å². The lowest BCUT2D eigenvalue weighted by atomic mass is 9.67. The molecular weight excluding hydrogens is 1150 g/mol. The van der Waals surface area contributed by atoms with E-state index in [1.165, 1.54) is 76.6 Å². The van der Waals surface area contributed by atoms with Crippen LogP contribution < -0.4 is 9.80 Å². The normalized spacial score (nSPS) is 17.8.